The number of aliphatic imine (C=N–C) groups is 1. The number of urea groups is 1. The Hall–Kier alpha value is -2.45. The van der Waals surface area contributed by atoms with Crippen molar-refractivity contribution in [1.82, 2.24) is 15.1 Å². The predicted molar refractivity (Wildman–Crippen MR) is 87.5 cm³/mol. The summed E-state index contributed by atoms with van der Waals surface area (Å²) in [4.78, 5) is 29.1. The first-order valence-corrected chi connectivity index (χ1v) is 7.59. The lowest BCUT2D eigenvalue weighted by Crippen LogP contribution is -2.44. The van der Waals surface area contributed by atoms with Gasteiger partial charge in [0.05, 0.1) is 10.0 Å². The van der Waals surface area contributed by atoms with Crippen molar-refractivity contribution >= 4 is 47.0 Å². The Morgan fingerprint density at radius 1 is 1.33 bits per heavy atom. The van der Waals surface area contributed by atoms with Crippen molar-refractivity contribution in [2.24, 2.45) is 4.99 Å². The molecule has 0 fully saturated rings. The second-order valence-corrected chi connectivity index (χ2v) is 5.78. The molecule has 2 heterocycles. The highest BCUT2D eigenvalue weighted by atomic mass is 35.5. The van der Waals surface area contributed by atoms with Crippen molar-refractivity contribution in [2.45, 2.75) is 13.0 Å². The fraction of sp³-hybridized carbons (Fsp3) is 0.214. The summed E-state index contributed by atoms with van der Waals surface area (Å²) in [7, 11) is 0. The highest BCUT2D eigenvalue weighted by molar-refractivity contribution is 6.42. The second kappa shape index (κ2) is 6.58. The number of amides is 3. The van der Waals surface area contributed by atoms with Crippen LogP contribution in [0.2, 0.25) is 10.0 Å². The Labute approximate surface area is 146 Å². The van der Waals surface area contributed by atoms with E-state index in [1.165, 1.54) is 17.2 Å². The third-order valence-electron chi connectivity index (χ3n) is 3.23. The van der Waals surface area contributed by atoms with E-state index >= 15 is 0 Å². The van der Waals surface area contributed by atoms with Gasteiger partial charge in [-0.05, 0) is 18.2 Å². The monoisotopic (exact) mass is 367 g/mol. The van der Waals surface area contributed by atoms with Gasteiger partial charge in [0.15, 0.2) is 0 Å². The Morgan fingerprint density at radius 2 is 2.12 bits per heavy atom. The summed E-state index contributed by atoms with van der Waals surface area (Å²) in [6.45, 7) is 1.41. The fourth-order valence-electron chi connectivity index (χ4n) is 2.11. The van der Waals surface area contributed by atoms with Crippen LogP contribution < -0.4 is 5.32 Å². The van der Waals surface area contributed by atoms with E-state index in [1.54, 1.807) is 19.1 Å². The zero-order valence-corrected chi connectivity index (χ0v) is 13.9. The molecule has 8 nitrogen and oxygen atoms in total. The number of aromatic nitrogens is 2. The van der Waals surface area contributed by atoms with Crippen molar-refractivity contribution in [1.29, 1.82) is 0 Å². The molecule has 3 amide bonds. The molecule has 10 heteroatoms. The minimum absolute atomic E-state index is 0.174. The van der Waals surface area contributed by atoms with Crippen LogP contribution in [0.5, 0.6) is 0 Å². The van der Waals surface area contributed by atoms with Crippen molar-refractivity contribution in [3.8, 4) is 0 Å². The number of nitrogens with one attached hydrogen (secondary N) is 1. The molecule has 1 aromatic heterocycles. The van der Waals surface area contributed by atoms with Gasteiger partial charge in [-0.1, -0.05) is 23.2 Å². The van der Waals surface area contributed by atoms with Crippen LogP contribution in [-0.2, 0) is 4.79 Å². The number of halogens is 2. The third kappa shape index (κ3) is 3.39. The number of hydrogen-bond donors (Lipinski definition) is 1. The van der Waals surface area contributed by atoms with Crippen molar-refractivity contribution in [3.05, 3.63) is 40.0 Å². The van der Waals surface area contributed by atoms with E-state index < -0.39 is 18.0 Å². The molecule has 0 spiro atoms. The molecule has 1 unspecified atom stereocenters. The van der Waals surface area contributed by atoms with Crippen LogP contribution >= 0.6 is 23.2 Å². The largest absolute Gasteiger partial charge is 0.423 e. The molecule has 0 saturated heterocycles. The average Bonchev–Trinajstić information content (AvgIpc) is 2.97. The molecule has 2 aromatic rings. The van der Waals surface area contributed by atoms with Gasteiger partial charge in [0.25, 0.3) is 5.91 Å². The standard InChI is InChI=1S/C14H11Cl2N5O3/c1-7-19-20-13(24-7)11-5-17-12(22)6-21(11)14(23)18-8-2-3-9(15)10(16)4-8/h2-5,11H,6H2,1H3,(H,18,23). The highest BCUT2D eigenvalue weighted by Crippen LogP contribution is 2.26. The van der Waals surface area contributed by atoms with Gasteiger partial charge < -0.3 is 9.73 Å². The van der Waals surface area contributed by atoms with Crippen molar-refractivity contribution in [3.63, 3.8) is 0 Å². The minimum Gasteiger partial charge on any atom is -0.423 e. The van der Waals surface area contributed by atoms with Gasteiger partial charge in [-0.25, -0.2) is 9.79 Å². The molecule has 1 aliphatic rings. The molecule has 1 aromatic carbocycles. The number of rotatable bonds is 2. The number of benzene rings is 1. The van der Waals surface area contributed by atoms with Gasteiger partial charge in [-0.3, -0.25) is 9.69 Å². The van der Waals surface area contributed by atoms with E-state index in [2.05, 4.69) is 20.5 Å². The van der Waals surface area contributed by atoms with Crippen LogP contribution in [0.1, 0.15) is 17.8 Å². The van der Waals surface area contributed by atoms with Gasteiger partial charge in [0, 0.05) is 18.8 Å². The van der Waals surface area contributed by atoms with Crippen LogP contribution in [-0.4, -0.2) is 39.8 Å². The Kier molecular flexibility index (Phi) is 4.50. The number of aryl methyl sites for hydroxylation is 1. The highest BCUT2D eigenvalue weighted by Gasteiger charge is 2.33. The van der Waals surface area contributed by atoms with Crippen molar-refractivity contribution < 1.29 is 14.0 Å². The van der Waals surface area contributed by atoms with Gasteiger partial charge in [0.2, 0.25) is 11.8 Å². The van der Waals surface area contributed by atoms with E-state index in [9.17, 15) is 9.59 Å². The average molecular weight is 368 g/mol. The third-order valence-corrected chi connectivity index (χ3v) is 3.97. The van der Waals surface area contributed by atoms with Crippen LogP contribution in [0.3, 0.4) is 0 Å². The van der Waals surface area contributed by atoms with Crippen LogP contribution in [0.4, 0.5) is 10.5 Å². The summed E-state index contributed by atoms with van der Waals surface area (Å²) >= 11 is 11.8. The van der Waals surface area contributed by atoms with E-state index in [0.717, 1.165) is 0 Å². The Balaban J connectivity index is 1.84. The molecule has 0 radical (unpaired) electrons. The van der Waals surface area contributed by atoms with Crippen LogP contribution in [0, 0.1) is 6.92 Å². The summed E-state index contributed by atoms with van der Waals surface area (Å²) in [6, 6.07) is 3.40. The first-order chi connectivity index (χ1) is 11.4. The maximum atomic E-state index is 12.5. The van der Waals surface area contributed by atoms with E-state index in [1.807, 2.05) is 0 Å². The lowest BCUT2D eigenvalue weighted by Gasteiger charge is -2.28. The number of carbonyl (C=O) groups excluding carboxylic acids is 2. The summed E-state index contributed by atoms with van der Waals surface area (Å²) in [5, 5.41) is 10.9. The first kappa shape index (κ1) is 16.4. The van der Waals surface area contributed by atoms with E-state index in [-0.39, 0.29) is 12.4 Å². The molecule has 24 heavy (non-hydrogen) atoms. The molecular formula is C14H11Cl2N5O3. The lowest BCUT2D eigenvalue weighted by molar-refractivity contribution is -0.119. The molecule has 0 aliphatic carbocycles. The number of hydrogen-bond acceptors (Lipinski definition) is 5. The van der Waals surface area contributed by atoms with Gasteiger partial charge in [0.1, 0.15) is 12.6 Å². The predicted octanol–water partition coefficient (Wildman–Crippen LogP) is 2.87. The molecule has 1 aliphatic heterocycles. The topological polar surface area (TPSA) is 101 Å². The molecular weight excluding hydrogens is 357 g/mol. The second-order valence-electron chi connectivity index (χ2n) is 4.96. The molecule has 1 atom stereocenters. The number of carbonyl (C=O) groups is 2. The van der Waals surface area contributed by atoms with Crippen molar-refractivity contribution in [2.75, 3.05) is 11.9 Å². The summed E-state index contributed by atoms with van der Waals surface area (Å²) < 4.78 is 5.34. The summed E-state index contributed by atoms with van der Waals surface area (Å²) in [5.74, 6) is 0.0694. The zero-order valence-electron chi connectivity index (χ0n) is 12.4. The smallest absolute Gasteiger partial charge is 0.323 e. The minimum atomic E-state index is -0.730. The van der Waals surface area contributed by atoms with Gasteiger partial charge in [-0.15, -0.1) is 10.2 Å². The Bertz CT molecular complexity index is 836. The Morgan fingerprint density at radius 3 is 2.79 bits per heavy atom. The van der Waals surface area contributed by atoms with E-state index in [4.69, 9.17) is 27.6 Å². The molecule has 1 N–H and O–H groups in total. The molecule has 0 bridgehead atoms. The first-order valence-electron chi connectivity index (χ1n) is 6.84. The zero-order chi connectivity index (χ0) is 17.3. The maximum absolute atomic E-state index is 12.5. The summed E-state index contributed by atoms with van der Waals surface area (Å²) in [5.41, 5.74) is 0.435. The molecule has 3 rings (SSSR count). The van der Waals surface area contributed by atoms with Gasteiger partial charge >= 0.3 is 6.03 Å². The fourth-order valence-corrected chi connectivity index (χ4v) is 2.41. The number of nitrogens with zero attached hydrogens (tertiary/aromatic N) is 4. The van der Waals surface area contributed by atoms with Gasteiger partial charge in [-0.2, -0.15) is 0 Å². The molecule has 124 valence electrons. The summed E-state index contributed by atoms with van der Waals surface area (Å²) in [6.07, 6.45) is 1.30. The normalized spacial score (nSPS) is 17.2. The van der Waals surface area contributed by atoms with Crippen LogP contribution in [0.15, 0.2) is 27.6 Å². The SMILES string of the molecule is Cc1nnc(C2C=NC(=O)CN2C(=O)Nc2ccc(Cl)c(Cl)c2)o1. The van der Waals surface area contributed by atoms with E-state index in [0.29, 0.717) is 21.6 Å². The molecule has 0 saturated carbocycles. The quantitative estimate of drug-likeness (QED) is 0.879. The lowest BCUT2D eigenvalue weighted by atomic mass is 10.2. The number of anilines is 1. The van der Waals surface area contributed by atoms with Crippen LogP contribution in [0.25, 0.3) is 0 Å². The maximum Gasteiger partial charge on any atom is 0.323 e.